The molecule has 1 heterocycles. The minimum Gasteiger partial charge on any atom is -0.486 e. The number of alkyl halides is 2. The van der Waals surface area contributed by atoms with Gasteiger partial charge in [0.2, 0.25) is 5.91 Å². The highest BCUT2D eigenvalue weighted by molar-refractivity contribution is 9.25. The number of carbonyl (C=O) groups excluding carboxylic acids is 1. The van der Waals surface area contributed by atoms with Gasteiger partial charge in [-0.15, -0.1) is 0 Å². The maximum absolute atomic E-state index is 12.1. The lowest BCUT2D eigenvalue weighted by Crippen LogP contribution is -2.29. The molecule has 1 aliphatic carbocycles. The van der Waals surface area contributed by atoms with Crippen molar-refractivity contribution in [1.82, 2.24) is 5.43 Å². The summed E-state index contributed by atoms with van der Waals surface area (Å²) in [6.45, 7) is 2.08. The third-order valence-corrected chi connectivity index (χ3v) is 7.12. The molecule has 0 saturated heterocycles. The second-order valence-corrected chi connectivity index (χ2v) is 10.7. The van der Waals surface area contributed by atoms with E-state index in [2.05, 4.69) is 42.4 Å². The van der Waals surface area contributed by atoms with Crippen LogP contribution in [0.2, 0.25) is 10.0 Å². The van der Waals surface area contributed by atoms with E-state index in [1.165, 1.54) is 6.21 Å². The summed E-state index contributed by atoms with van der Waals surface area (Å²) in [7, 11) is 0. The normalized spacial score (nSPS) is 21.0. The van der Waals surface area contributed by atoms with Gasteiger partial charge in [0.05, 0.1) is 24.9 Å². The Hall–Kier alpha value is -1.02. The average Bonchev–Trinajstić information content (AvgIpc) is 2.93. The quantitative estimate of drug-likeness (QED) is 0.308. The van der Waals surface area contributed by atoms with Gasteiger partial charge in [0.15, 0.2) is 0 Å². The molecule has 1 amide bonds. The molecule has 0 bridgehead atoms. The summed E-state index contributed by atoms with van der Waals surface area (Å²) in [4.78, 5) is 12.1. The highest BCUT2D eigenvalue weighted by atomic mass is 79.9. The number of ether oxygens (including phenoxy) is 1. The Labute approximate surface area is 177 Å². The van der Waals surface area contributed by atoms with Gasteiger partial charge in [-0.05, 0) is 37.6 Å². The molecule has 0 spiro atoms. The number of hydrazone groups is 1. The molecular weight excluding hydrogens is 511 g/mol. The Morgan fingerprint density at radius 2 is 2.08 bits per heavy atom. The van der Waals surface area contributed by atoms with Crippen molar-refractivity contribution in [3.63, 3.8) is 0 Å². The molecule has 1 fully saturated rings. The van der Waals surface area contributed by atoms with E-state index in [0.29, 0.717) is 33.7 Å². The Bertz CT molecular complexity index is 869. The van der Waals surface area contributed by atoms with Crippen molar-refractivity contribution in [3.8, 4) is 5.75 Å². The second-order valence-electron chi connectivity index (χ2n) is 6.08. The lowest BCUT2D eigenvalue weighted by molar-refractivity contribution is -0.125. The summed E-state index contributed by atoms with van der Waals surface area (Å²) < 4.78 is 10.8. The Kier molecular flexibility index (Phi) is 5.72. The second kappa shape index (κ2) is 7.54. The molecule has 9 heteroatoms. The topological polar surface area (TPSA) is 63.8 Å². The molecule has 1 aromatic carbocycles. The molecule has 1 N–H and O–H groups in total. The fourth-order valence-corrected chi connectivity index (χ4v) is 3.96. The van der Waals surface area contributed by atoms with Crippen LogP contribution in [0.15, 0.2) is 39.9 Å². The molecule has 138 valence electrons. The fraction of sp³-hybridized carbons (Fsp3) is 0.294. The van der Waals surface area contributed by atoms with E-state index in [1.807, 2.05) is 6.92 Å². The molecule has 1 aliphatic rings. The number of nitrogens with zero attached hydrogens (tertiary/aromatic N) is 1. The van der Waals surface area contributed by atoms with Gasteiger partial charge in [-0.2, -0.15) is 5.10 Å². The average molecular weight is 525 g/mol. The van der Waals surface area contributed by atoms with Crippen molar-refractivity contribution in [2.75, 3.05) is 0 Å². The van der Waals surface area contributed by atoms with Crippen LogP contribution >= 0.6 is 55.1 Å². The lowest BCUT2D eigenvalue weighted by Gasteiger charge is -2.09. The van der Waals surface area contributed by atoms with Gasteiger partial charge in [-0.1, -0.05) is 55.1 Å². The van der Waals surface area contributed by atoms with Gasteiger partial charge in [-0.25, -0.2) is 5.43 Å². The molecule has 0 unspecified atom stereocenters. The zero-order valence-electron chi connectivity index (χ0n) is 13.6. The van der Waals surface area contributed by atoms with Crippen molar-refractivity contribution < 1.29 is 13.9 Å². The molecule has 0 radical (unpaired) electrons. The SMILES string of the molecule is C[C@@]1(C(=O)N/N=C\c2ccc(COc3ccc(Cl)c(Cl)c3)o2)CC1(Br)Br. The van der Waals surface area contributed by atoms with Crippen molar-refractivity contribution in [2.24, 2.45) is 10.5 Å². The number of hydrogen-bond donors (Lipinski definition) is 1. The first-order valence-corrected chi connectivity index (χ1v) is 9.93. The van der Waals surface area contributed by atoms with Crippen LogP contribution in [0.1, 0.15) is 24.9 Å². The number of rotatable bonds is 6. The number of nitrogens with one attached hydrogen (secondary N) is 1. The molecule has 1 saturated carbocycles. The first-order chi connectivity index (χ1) is 12.2. The molecule has 5 nitrogen and oxygen atoms in total. The highest BCUT2D eigenvalue weighted by Crippen LogP contribution is 2.66. The maximum Gasteiger partial charge on any atom is 0.248 e. The van der Waals surface area contributed by atoms with E-state index < -0.39 is 5.41 Å². The largest absolute Gasteiger partial charge is 0.486 e. The third kappa shape index (κ3) is 4.27. The van der Waals surface area contributed by atoms with E-state index >= 15 is 0 Å². The van der Waals surface area contributed by atoms with Gasteiger partial charge >= 0.3 is 0 Å². The Morgan fingerprint density at radius 1 is 1.35 bits per heavy atom. The summed E-state index contributed by atoms with van der Waals surface area (Å²) in [6.07, 6.45) is 2.13. The molecule has 26 heavy (non-hydrogen) atoms. The van der Waals surface area contributed by atoms with Crippen LogP contribution in [-0.4, -0.2) is 15.4 Å². The minimum atomic E-state index is -0.521. The zero-order valence-corrected chi connectivity index (χ0v) is 18.2. The van der Waals surface area contributed by atoms with Crippen molar-refractivity contribution in [2.45, 2.75) is 23.2 Å². The smallest absolute Gasteiger partial charge is 0.248 e. The van der Waals surface area contributed by atoms with Crippen LogP contribution in [0, 0.1) is 5.41 Å². The predicted octanol–water partition coefficient (Wildman–Crippen LogP) is 5.51. The first kappa shape index (κ1) is 19.7. The number of furan rings is 1. The predicted molar refractivity (Wildman–Crippen MR) is 109 cm³/mol. The van der Waals surface area contributed by atoms with Crippen molar-refractivity contribution in [3.05, 3.63) is 51.9 Å². The van der Waals surface area contributed by atoms with E-state index in [0.717, 1.165) is 0 Å². The maximum atomic E-state index is 12.1. The number of carbonyl (C=O) groups is 1. The van der Waals surface area contributed by atoms with Crippen molar-refractivity contribution in [1.29, 1.82) is 0 Å². The van der Waals surface area contributed by atoms with Crippen LogP contribution in [0.3, 0.4) is 0 Å². The molecule has 3 rings (SSSR count). The third-order valence-electron chi connectivity index (χ3n) is 4.07. The number of halogens is 4. The fourth-order valence-electron chi connectivity index (χ4n) is 2.19. The standard InChI is InChI=1S/C17H14Br2Cl2N2O3/c1-16(9-17(16,18)19)15(24)23-22-7-11-2-3-12(26-11)8-25-10-4-5-13(20)14(21)6-10/h2-7H,8-9H2,1H3,(H,23,24)/b22-7-/t16-/m0/s1. The molecule has 1 atom stereocenters. The van der Waals surface area contributed by atoms with Crippen LogP contribution in [0.4, 0.5) is 0 Å². The highest BCUT2D eigenvalue weighted by Gasteiger charge is 2.66. The molecule has 1 aromatic heterocycles. The van der Waals surface area contributed by atoms with E-state index in [1.54, 1.807) is 30.3 Å². The van der Waals surface area contributed by atoms with Gasteiger partial charge in [0.25, 0.3) is 0 Å². The molecule has 0 aliphatic heterocycles. The van der Waals surface area contributed by atoms with Gasteiger partial charge in [0.1, 0.15) is 23.9 Å². The Balaban J connectivity index is 1.51. The summed E-state index contributed by atoms with van der Waals surface area (Å²) in [5.41, 5.74) is 2.00. The molecule has 2 aromatic rings. The first-order valence-electron chi connectivity index (χ1n) is 7.59. The summed E-state index contributed by atoms with van der Waals surface area (Å²) in [5.74, 6) is 1.53. The van der Waals surface area contributed by atoms with E-state index in [4.69, 9.17) is 32.4 Å². The summed E-state index contributed by atoms with van der Waals surface area (Å²) in [5, 5.41) is 4.82. The van der Waals surface area contributed by atoms with Gasteiger partial charge in [0, 0.05) is 6.07 Å². The van der Waals surface area contributed by atoms with E-state index in [-0.39, 0.29) is 15.7 Å². The van der Waals surface area contributed by atoms with Crippen LogP contribution in [-0.2, 0) is 11.4 Å². The van der Waals surface area contributed by atoms with Crippen LogP contribution in [0.5, 0.6) is 5.75 Å². The Morgan fingerprint density at radius 3 is 2.73 bits per heavy atom. The zero-order chi connectivity index (χ0) is 18.9. The van der Waals surface area contributed by atoms with Crippen molar-refractivity contribution >= 4 is 67.2 Å². The monoisotopic (exact) mass is 522 g/mol. The number of benzene rings is 1. The number of amides is 1. The summed E-state index contributed by atoms with van der Waals surface area (Å²) >= 11 is 18.7. The minimum absolute atomic E-state index is 0.169. The van der Waals surface area contributed by atoms with Gasteiger partial charge in [-0.3, -0.25) is 4.79 Å². The molecular formula is C17H14Br2Cl2N2O3. The van der Waals surface area contributed by atoms with Gasteiger partial charge < -0.3 is 9.15 Å². The lowest BCUT2D eigenvalue weighted by atomic mass is 10.1. The van der Waals surface area contributed by atoms with E-state index in [9.17, 15) is 4.79 Å². The summed E-state index contributed by atoms with van der Waals surface area (Å²) in [6, 6.07) is 8.53. The number of hydrogen-bond acceptors (Lipinski definition) is 4. The van der Waals surface area contributed by atoms with Crippen LogP contribution < -0.4 is 10.2 Å². The van der Waals surface area contributed by atoms with Crippen LogP contribution in [0.25, 0.3) is 0 Å².